The largest absolute Gasteiger partial charge is 0.347 e. The zero-order valence-corrected chi connectivity index (χ0v) is 17.4. The molecule has 2 amide bonds. The van der Waals surface area contributed by atoms with Gasteiger partial charge in [0.2, 0.25) is 0 Å². The summed E-state index contributed by atoms with van der Waals surface area (Å²) in [6, 6.07) is 13.3. The van der Waals surface area contributed by atoms with Crippen LogP contribution in [0.3, 0.4) is 0 Å². The molecular weight excluding hydrogens is 409 g/mol. The summed E-state index contributed by atoms with van der Waals surface area (Å²) in [4.78, 5) is 33.2. The molecule has 0 fully saturated rings. The average molecular weight is 429 g/mol. The van der Waals surface area contributed by atoms with Crippen LogP contribution in [0.5, 0.6) is 0 Å². The Balaban J connectivity index is 1.41. The van der Waals surface area contributed by atoms with Crippen molar-refractivity contribution in [2.75, 3.05) is 0 Å². The molecule has 7 nitrogen and oxygen atoms in total. The quantitative estimate of drug-likeness (QED) is 0.648. The van der Waals surface area contributed by atoms with E-state index in [0.717, 1.165) is 29.5 Å². The smallest absolute Gasteiger partial charge is 0.270 e. The minimum Gasteiger partial charge on any atom is -0.347 e. The molecule has 0 radical (unpaired) electrons. The number of rotatable bonds is 5. The molecule has 2 aromatic carbocycles. The first-order valence-electron chi connectivity index (χ1n) is 10.1. The van der Waals surface area contributed by atoms with Gasteiger partial charge in [-0.15, -0.1) is 0 Å². The number of nitrogens with one attached hydrogen (secondary N) is 2. The van der Waals surface area contributed by atoms with Gasteiger partial charge in [-0.1, -0.05) is 18.2 Å². The molecule has 8 heteroatoms. The van der Waals surface area contributed by atoms with E-state index in [1.54, 1.807) is 25.1 Å². The van der Waals surface area contributed by atoms with Crippen LogP contribution < -0.4 is 10.6 Å². The number of nitrogens with zero attached hydrogens (tertiary/aromatic N) is 3. The standard InChI is InChI=1S/C24H20FN5O2/c1-14-8-16(3-6-19(14)25)12-27-23(31)21-10-22(29-13-28-21)24(32)30-20-7-4-17-9-15(11-26)2-5-18(17)20/h2-3,5-6,8-10,13,20H,4,7,12H2,1H3,(H,27,31)(H,30,32)/t20-/m1/s1. The predicted molar refractivity (Wildman–Crippen MR) is 114 cm³/mol. The van der Waals surface area contributed by atoms with Crippen LogP contribution in [0.1, 0.15) is 61.3 Å². The lowest BCUT2D eigenvalue weighted by Crippen LogP contribution is -2.29. The van der Waals surface area contributed by atoms with Gasteiger partial charge in [0, 0.05) is 12.6 Å². The van der Waals surface area contributed by atoms with Crippen molar-refractivity contribution in [3.05, 3.63) is 93.8 Å². The Morgan fingerprint density at radius 2 is 1.91 bits per heavy atom. The van der Waals surface area contributed by atoms with E-state index in [2.05, 4.69) is 26.7 Å². The fraction of sp³-hybridized carbons (Fsp3) is 0.208. The highest BCUT2D eigenvalue weighted by Crippen LogP contribution is 2.31. The van der Waals surface area contributed by atoms with Gasteiger partial charge in [-0.25, -0.2) is 14.4 Å². The molecule has 2 N–H and O–H groups in total. The van der Waals surface area contributed by atoms with Gasteiger partial charge < -0.3 is 10.6 Å². The summed E-state index contributed by atoms with van der Waals surface area (Å²) in [5.41, 5.74) is 4.03. The van der Waals surface area contributed by atoms with E-state index in [9.17, 15) is 14.0 Å². The lowest BCUT2D eigenvalue weighted by molar-refractivity contribution is 0.0931. The SMILES string of the molecule is Cc1cc(CNC(=O)c2cc(C(=O)N[C@@H]3CCc4cc(C#N)ccc43)ncn2)ccc1F. The van der Waals surface area contributed by atoms with Gasteiger partial charge in [0.15, 0.2) is 0 Å². The molecule has 1 atom stereocenters. The van der Waals surface area contributed by atoms with Crippen LogP contribution >= 0.6 is 0 Å². The molecule has 3 aromatic rings. The van der Waals surface area contributed by atoms with E-state index in [-0.39, 0.29) is 29.8 Å². The van der Waals surface area contributed by atoms with Crippen molar-refractivity contribution in [1.82, 2.24) is 20.6 Å². The third-order valence-electron chi connectivity index (χ3n) is 5.46. The zero-order chi connectivity index (χ0) is 22.7. The monoisotopic (exact) mass is 429 g/mol. The van der Waals surface area contributed by atoms with E-state index in [1.165, 1.54) is 18.5 Å². The summed E-state index contributed by atoms with van der Waals surface area (Å²) < 4.78 is 13.4. The van der Waals surface area contributed by atoms with Crippen molar-refractivity contribution < 1.29 is 14.0 Å². The second-order valence-electron chi connectivity index (χ2n) is 7.64. The number of nitriles is 1. The molecular formula is C24H20FN5O2. The maximum atomic E-state index is 13.4. The first-order valence-corrected chi connectivity index (χ1v) is 10.1. The Hall–Kier alpha value is -4.12. The first-order chi connectivity index (χ1) is 15.4. The number of halogens is 1. The summed E-state index contributed by atoms with van der Waals surface area (Å²) in [5.74, 6) is -1.17. The normalized spacial score (nSPS) is 14.3. The molecule has 0 spiro atoms. The van der Waals surface area contributed by atoms with Gasteiger partial charge in [-0.2, -0.15) is 5.26 Å². The Kier molecular flexibility index (Phi) is 5.90. The average Bonchev–Trinajstić information content (AvgIpc) is 3.21. The lowest BCUT2D eigenvalue weighted by atomic mass is 10.1. The summed E-state index contributed by atoms with van der Waals surface area (Å²) in [7, 11) is 0. The molecule has 4 rings (SSSR count). The number of fused-ring (bicyclic) bond motifs is 1. The molecule has 0 bridgehead atoms. The first kappa shape index (κ1) is 21.1. The third-order valence-corrected chi connectivity index (χ3v) is 5.46. The van der Waals surface area contributed by atoms with E-state index in [0.29, 0.717) is 11.1 Å². The summed E-state index contributed by atoms with van der Waals surface area (Å²) in [6.45, 7) is 1.86. The van der Waals surface area contributed by atoms with Gasteiger partial charge in [-0.3, -0.25) is 9.59 Å². The minimum atomic E-state index is -0.460. The number of benzene rings is 2. The summed E-state index contributed by atoms with van der Waals surface area (Å²) in [5, 5.41) is 14.7. The molecule has 0 saturated heterocycles. The highest BCUT2D eigenvalue weighted by molar-refractivity contribution is 5.97. The van der Waals surface area contributed by atoms with Gasteiger partial charge in [0.05, 0.1) is 17.7 Å². The topological polar surface area (TPSA) is 108 Å². The van der Waals surface area contributed by atoms with Crippen LogP contribution in [0, 0.1) is 24.1 Å². The summed E-state index contributed by atoms with van der Waals surface area (Å²) >= 11 is 0. The van der Waals surface area contributed by atoms with Gasteiger partial charge in [0.25, 0.3) is 11.8 Å². The number of hydrogen-bond acceptors (Lipinski definition) is 5. The molecule has 1 aromatic heterocycles. The molecule has 1 aliphatic carbocycles. The van der Waals surface area contributed by atoms with Crippen LogP contribution in [0.25, 0.3) is 0 Å². The number of amides is 2. The van der Waals surface area contributed by atoms with Crippen molar-refractivity contribution >= 4 is 11.8 Å². The molecule has 160 valence electrons. The van der Waals surface area contributed by atoms with E-state index in [4.69, 9.17) is 5.26 Å². The van der Waals surface area contributed by atoms with Gasteiger partial charge in [-0.05, 0) is 60.2 Å². The number of hydrogen-bond donors (Lipinski definition) is 2. The second kappa shape index (κ2) is 8.94. The Bertz CT molecular complexity index is 1250. The van der Waals surface area contributed by atoms with Crippen LogP contribution in [-0.2, 0) is 13.0 Å². The fourth-order valence-electron chi connectivity index (χ4n) is 3.76. The van der Waals surface area contributed by atoms with Crippen LogP contribution in [-0.4, -0.2) is 21.8 Å². The minimum absolute atomic E-state index is 0.0643. The lowest BCUT2D eigenvalue weighted by Gasteiger charge is -2.14. The zero-order valence-electron chi connectivity index (χ0n) is 17.4. The van der Waals surface area contributed by atoms with Crippen molar-refractivity contribution in [2.24, 2.45) is 0 Å². The second-order valence-corrected chi connectivity index (χ2v) is 7.64. The number of aromatic nitrogens is 2. The van der Waals surface area contributed by atoms with E-state index < -0.39 is 11.8 Å². The maximum absolute atomic E-state index is 13.4. The number of carbonyl (C=O) groups is 2. The molecule has 0 unspecified atom stereocenters. The Morgan fingerprint density at radius 1 is 1.12 bits per heavy atom. The summed E-state index contributed by atoms with van der Waals surface area (Å²) in [6.07, 6.45) is 2.68. The highest BCUT2D eigenvalue weighted by Gasteiger charge is 2.25. The molecule has 0 aliphatic heterocycles. The van der Waals surface area contributed by atoms with Gasteiger partial charge in [0.1, 0.15) is 23.5 Å². The van der Waals surface area contributed by atoms with E-state index in [1.807, 2.05) is 12.1 Å². The third kappa shape index (κ3) is 4.47. The highest BCUT2D eigenvalue weighted by atomic mass is 19.1. The molecule has 0 saturated carbocycles. The Morgan fingerprint density at radius 3 is 2.66 bits per heavy atom. The van der Waals surface area contributed by atoms with Crippen LogP contribution in [0.4, 0.5) is 4.39 Å². The van der Waals surface area contributed by atoms with Crippen LogP contribution in [0.15, 0.2) is 48.8 Å². The van der Waals surface area contributed by atoms with Crippen molar-refractivity contribution in [1.29, 1.82) is 5.26 Å². The number of aryl methyl sites for hydroxylation is 2. The molecule has 1 heterocycles. The van der Waals surface area contributed by atoms with Crippen molar-refractivity contribution in [2.45, 2.75) is 32.4 Å². The van der Waals surface area contributed by atoms with Crippen molar-refractivity contribution in [3.63, 3.8) is 0 Å². The molecule has 1 aliphatic rings. The fourth-order valence-corrected chi connectivity index (χ4v) is 3.76. The van der Waals surface area contributed by atoms with Crippen LogP contribution in [0.2, 0.25) is 0 Å². The maximum Gasteiger partial charge on any atom is 0.270 e. The van der Waals surface area contributed by atoms with Gasteiger partial charge >= 0.3 is 0 Å². The van der Waals surface area contributed by atoms with E-state index >= 15 is 0 Å². The Labute approximate surface area is 184 Å². The molecule has 32 heavy (non-hydrogen) atoms. The van der Waals surface area contributed by atoms with Crippen molar-refractivity contribution in [3.8, 4) is 6.07 Å². The predicted octanol–water partition coefficient (Wildman–Crippen LogP) is 3.14. The number of carbonyl (C=O) groups excluding carboxylic acids is 2.